The summed E-state index contributed by atoms with van der Waals surface area (Å²) >= 11 is 6.20. The van der Waals surface area contributed by atoms with Crippen molar-refractivity contribution in [3.8, 4) is 28.6 Å². The molecule has 0 atom stereocenters. The molecule has 0 bridgehead atoms. The number of aromatic nitrogens is 5. The van der Waals surface area contributed by atoms with Crippen molar-refractivity contribution in [3.63, 3.8) is 0 Å². The summed E-state index contributed by atoms with van der Waals surface area (Å²) in [4.78, 5) is 24.3. The molecule has 0 aliphatic heterocycles. The van der Waals surface area contributed by atoms with Gasteiger partial charge in [0.25, 0.3) is 5.91 Å². The number of nitrogens with one attached hydrogen (secondary N) is 2. The molecule has 0 radical (unpaired) electrons. The highest BCUT2D eigenvalue weighted by atomic mass is 35.5. The number of hydrogen-bond acceptors (Lipinski definition) is 5. The summed E-state index contributed by atoms with van der Waals surface area (Å²) in [7, 11) is 0. The second-order valence-electron chi connectivity index (χ2n) is 7.58. The molecule has 162 valence electrons. The Morgan fingerprint density at radius 3 is 2.72 bits per heavy atom. The fourth-order valence-corrected chi connectivity index (χ4v) is 3.24. The van der Waals surface area contributed by atoms with Crippen molar-refractivity contribution in [1.82, 2.24) is 30.0 Å². The smallest absolute Gasteiger partial charge is 0.333 e. The summed E-state index contributed by atoms with van der Waals surface area (Å²) in [6, 6.07) is 8.55. The lowest BCUT2D eigenvalue weighted by molar-refractivity contribution is 0.0566. The highest BCUT2D eigenvalue weighted by Gasteiger charge is 2.22. The van der Waals surface area contributed by atoms with Gasteiger partial charge in [-0.2, -0.15) is 19.1 Å². The van der Waals surface area contributed by atoms with E-state index in [0.717, 1.165) is 0 Å². The van der Waals surface area contributed by atoms with E-state index in [-0.39, 0.29) is 5.69 Å². The standard InChI is InChI=1S/C21H16ClF2N7O/c1-21(2,10-25)30-19(32)17-6-14(22)5-16(28-17)12-3-11-4-15(29-18(11)26-7-12)13-8-27-31(9-13)20(23)24/h3-9,20H,1-2H3,(H,26,29)(H,30,32). The van der Waals surface area contributed by atoms with Crippen LogP contribution in [0.2, 0.25) is 5.02 Å². The number of rotatable bonds is 5. The third-order valence-electron chi connectivity index (χ3n) is 4.61. The van der Waals surface area contributed by atoms with Gasteiger partial charge in [-0.1, -0.05) is 11.6 Å². The summed E-state index contributed by atoms with van der Waals surface area (Å²) < 4.78 is 26.1. The quantitative estimate of drug-likeness (QED) is 0.457. The number of H-pyrrole nitrogens is 1. The predicted molar refractivity (Wildman–Crippen MR) is 114 cm³/mol. The lowest BCUT2D eigenvalue weighted by atomic mass is 10.1. The molecule has 0 unspecified atom stereocenters. The first-order valence-electron chi connectivity index (χ1n) is 9.38. The predicted octanol–water partition coefficient (Wildman–Crippen LogP) is 4.57. The normalized spacial score (nSPS) is 11.7. The fraction of sp³-hybridized carbons (Fsp3) is 0.190. The van der Waals surface area contributed by atoms with E-state index in [1.807, 2.05) is 6.07 Å². The molecular formula is C21H16ClF2N7O. The third-order valence-corrected chi connectivity index (χ3v) is 4.82. The molecule has 0 spiro atoms. The van der Waals surface area contributed by atoms with Crippen LogP contribution in [-0.2, 0) is 0 Å². The average molecular weight is 456 g/mol. The number of pyridine rings is 2. The van der Waals surface area contributed by atoms with Gasteiger partial charge in [0.1, 0.15) is 16.9 Å². The Morgan fingerprint density at radius 1 is 1.25 bits per heavy atom. The maximum Gasteiger partial charge on any atom is 0.333 e. The van der Waals surface area contributed by atoms with E-state index < -0.39 is 18.0 Å². The topological polar surface area (TPSA) is 112 Å². The second kappa shape index (κ2) is 8.01. The van der Waals surface area contributed by atoms with E-state index in [1.165, 1.54) is 18.5 Å². The largest absolute Gasteiger partial charge is 0.339 e. The van der Waals surface area contributed by atoms with Crippen molar-refractivity contribution in [1.29, 1.82) is 5.26 Å². The van der Waals surface area contributed by atoms with E-state index >= 15 is 0 Å². The van der Waals surface area contributed by atoms with E-state index in [2.05, 4.69) is 25.4 Å². The number of carbonyl (C=O) groups excluding carboxylic acids is 1. The van der Waals surface area contributed by atoms with E-state index in [0.29, 0.717) is 43.3 Å². The van der Waals surface area contributed by atoms with Crippen LogP contribution in [0, 0.1) is 11.3 Å². The number of hydrogen-bond donors (Lipinski definition) is 2. The Morgan fingerprint density at radius 2 is 2.03 bits per heavy atom. The van der Waals surface area contributed by atoms with Crippen LogP contribution < -0.4 is 5.32 Å². The monoisotopic (exact) mass is 455 g/mol. The van der Waals surface area contributed by atoms with Crippen LogP contribution in [0.1, 0.15) is 30.9 Å². The molecular weight excluding hydrogens is 440 g/mol. The SMILES string of the molecule is CC(C)(C#N)NC(=O)c1cc(Cl)cc(-c2cnc3[nH]c(-c4cnn(C(F)F)c4)cc3c2)n1. The summed E-state index contributed by atoms with van der Waals surface area (Å²) in [6.07, 6.45) is 4.14. The van der Waals surface area contributed by atoms with Crippen LogP contribution >= 0.6 is 11.6 Å². The van der Waals surface area contributed by atoms with Gasteiger partial charge in [-0.3, -0.25) is 4.79 Å². The van der Waals surface area contributed by atoms with Gasteiger partial charge in [-0.15, -0.1) is 0 Å². The molecule has 1 amide bonds. The summed E-state index contributed by atoms with van der Waals surface area (Å²) in [5, 5.41) is 16.4. The molecule has 4 aromatic heterocycles. The van der Waals surface area contributed by atoms with Crippen molar-refractivity contribution in [3.05, 3.63) is 53.6 Å². The average Bonchev–Trinajstić information content (AvgIpc) is 3.39. The number of fused-ring (bicyclic) bond motifs is 1. The van der Waals surface area contributed by atoms with Crippen molar-refractivity contribution in [2.45, 2.75) is 25.9 Å². The highest BCUT2D eigenvalue weighted by Crippen LogP contribution is 2.28. The fourth-order valence-electron chi connectivity index (χ4n) is 3.03. The molecule has 0 saturated heterocycles. The van der Waals surface area contributed by atoms with Gasteiger partial charge < -0.3 is 10.3 Å². The van der Waals surface area contributed by atoms with Gasteiger partial charge in [0.2, 0.25) is 0 Å². The molecule has 8 nitrogen and oxygen atoms in total. The van der Waals surface area contributed by atoms with Gasteiger partial charge in [0, 0.05) is 33.9 Å². The first-order valence-corrected chi connectivity index (χ1v) is 9.76. The van der Waals surface area contributed by atoms with Crippen LogP contribution in [0.15, 0.2) is 42.9 Å². The van der Waals surface area contributed by atoms with E-state index in [4.69, 9.17) is 16.9 Å². The second-order valence-corrected chi connectivity index (χ2v) is 8.01. The summed E-state index contributed by atoms with van der Waals surface area (Å²) in [6.45, 7) is 0.419. The van der Waals surface area contributed by atoms with E-state index in [9.17, 15) is 13.6 Å². The molecule has 4 heterocycles. The van der Waals surface area contributed by atoms with Gasteiger partial charge in [-0.05, 0) is 38.1 Å². The Balaban J connectivity index is 1.68. The molecule has 11 heteroatoms. The van der Waals surface area contributed by atoms with Crippen LogP contribution in [0.3, 0.4) is 0 Å². The maximum absolute atomic E-state index is 12.8. The van der Waals surface area contributed by atoms with Crippen molar-refractivity contribution in [2.24, 2.45) is 0 Å². The molecule has 0 fully saturated rings. The summed E-state index contributed by atoms with van der Waals surface area (Å²) in [5.74, 6) is -0.533. The van der Waals surface area contributed by atoms with Crippen molar-refractivity contribution < 1.29 is 13.6 Å². The van der Waals surface area contributed by atoms with Crippen LogP contribution in [-0.4, -0.2) is 36.2 Å². The number of nitrogens with zero attached hydrogens (tertiary/aromatic N) is 5. The Labute approximate surface area is 185 Å². The first-order chi connectivity index (χ1) is 15.1. The minimum absolute atomic E-state index is 0.0603. The van der Waals surface area contributed by atoms with Gasteiger partial charge in [-0.25, -0.2) is 14.6 Å². The molecule has 0 saturated carbocycles. The zero-order chi connectivity index (χ0) is 23.0. The number of halogens is 3. The van der Waals surface area contributed by atoms with Crippen LogP contribution in [0.25, 0.3) is 33.5 Å². The number of nitriles is 1. The molecule has 4 rings (SSSR count). The molecule has 32 heavy (non-hydrogen) atoms. The molecule has 0 aromatic carbocycles. The third kappa shape index (κ3) is 4.29. The van der Waals surface area contributed by atoms with Crippen molar-refractivity contribution >= 4 is 28.5 Å². The lowest BCUT2D eigenvalue weighted by Crippen LogP contribution is -2.42. The highest BCUT2D eigenvalue weighted by molar-refractivity contribution is 6.31. The van der Waals surface area contributed by atoms with Crippen LogP contribution in [0.4, 0.5) is 8.78 Å². The molecule has 2 N–H and O–H groups in total. The van der Waals surface area contributed by atoms with Gasteiger partial charge >= 0.3 is 6.55 Å². The number of amides is 1. The van der Waals surface area contributed by atoms with Crippen LogP contribution in [0.5, 0.6) is 0 Å². The first kappa shape index (κ1) is 21.4. The Hall–Kier alpha value is -3.84. The van der Waals surface area contributed by atoms with Gasteiger partial charge in [0.15, 0.2) is 0 Å². The number of aromatic amines is 1. The Kier molecular flexibility index (Phi) is 5.36. The number of alkyl halides is 2. The van der Waals surface area contributed by atoms with E-state index in [1.54, 1.807) is 38.2 Å². The maximum atomic E-state index is 12.8. The minimum atomic E-state index is -2.73. The molecule has 0 aliphatic carbocycles. The van der Waals surface area contributed by atoms with Crippen molar-refractivity contribution in [2.75, 3.05) is 0 Å². The lowest BCUT2D eigenvalue weighted by Gasteiger charge is -2.17. The molecule has 4 aromatic rings. The zero-order valence-electron chi connectivity index (χ0n) is 16.9. The summed E-state index contributed by atoms with van der Waals surface area (Å²) in [5.41, 5.74) is 1.62. The van der Waals surface area contributed by atoms with Gasteiger partial charge in [0.05, 0.1) is 23.7 Å². The Bertz CT molecular complexity index is 1370. The number of carbonyl (C=O) groups is 1. The zero-order valence-corrected chi connectivity index (χ0v) is 17.7. The minimum Gasteiger partial charge on any atom is -0.339 e. The molecule has 0 aliphatic rings.